The predicted molar refractivity (Wildman–Crippen MR) is 92.5 cm³/mol. The Bertz CT molecular complexity index is 892. The Hall–Kier alpha value is -2.77. The van der Waals surface area contributed by atoms with Crippen LogP contribution in [-0.2, 0) is 24.4 Å². The molecule has 0 spiro atoms. The maximum absolute atomic E-state index is 13.2. The number of carbonyl (C=O) groups excluding carboxylic acids is 2. The van der Waals surface area contributed by atoms with E-state index in [1.54, 1.807) is 0 Å². The fraction of sp³-hybridized carbons (Fsp3) is 0.421. The highest BCUT2D eigenvalue weighted by Gasteiger charge is 2.31. The number of carbonyl (C=O) groups is 2. The first kappa shape index (κ1) is 17.6. The maximum Gasteiger partial charge on any atom is 0.251 e. The minimum Gasteiger partial charge on any atom is -0.346 e. The Kier molecular flexibility index (Phi) is 4.63. The molecule has 2 aromatic rings. The zero-order chi connectivity index (χ0) is 19.0. The van der Waals surface area contributed by atoms with Crippen LogP contribution in [0.1, 0.15) is 41.0 Å². The van der Waals surface area contributed by atoms with E-state index in [-0.39, 0.29) is 23.9 Å². The van der Waals surface area contributed by atoms with Gasteiger partial charge in [-0.1, -0.05) is 6.42 Å². The lowest BCUT2D eigenvalue weighted by molar-refractivity contribution is -0.139. The third-order valence-electron chi connectivity index (χ3n) is 5.23. The van der Waals surface area contributed by atoms with Crippen LogP contribution in [-0.4, -0.2) is 33.0 Å². The first-order valence-corrected chi connectivity index (χ1v) is 9.09. The van der Waals surface area contributed by atoms with Gasteiger partial charge in [0.1, 0.15) is 0 Å². The Balaban J connectivity index is 1.37. The molecule has 0 unspecified atom stereocenters. The van der Waals surface area contributed by atoms with Crippen LogP contribution in [0.2, 0.25) is 0 Å². The summed E-state index contributed by atoms with van der Waals surface area (Å²) < 4.78 is 28.1. The molecule has 6 nitrogen and oxygen atoms in total. The van der Waals surface area contributed by atoms with Crippen LogP contribution in [0.5, 0.6) is 0 Å². The Morgan fingerprint density at radius 2 is 1.96 bits per heavy atom. The van der Waals surface area contributed by atoms with Gasteiger partial charge in [0.2, 0.25) is 5.91 Å². The van der Waals surface area contributed by atoms with E-state index in [1.807, 2.05) is 15.6 Å². The molecule has 0 bridgehead atoms. The average molecular weight is 374 g/mol. The molecule has 1 aliphatic carbocycles. The highest BCUT2D eigenvalue weighted by Crippen LogP contribution is 2.29. The summed E-state index contributed by atoms with van der Waals surface area (Å²) in [7, 11) is 0. The highest BCUT2D eigenvalue weighted by molar-refractivity contribution is 5.94. The second kappa shape index (κ2) is 7.09. The molecule has 0 atom stereocenters. The first-order valence-electron chi connectivity index (χ1n) is 9.09. The van der Waals surface area contributed by atoms with Crippen molar-refractivity contribution in [2.24, 2.45) is 5.92 Å². The van der Waals surface area contributed by atoms with Gasteiger partial charge in [-0.05, 0) is 37.1 Å². The molecule has 8 heteroatoms. The van der Waals surface area contributed by atoms with Gasteiger partial charge < -0.3 is 10.2 Å². The van der Waals surface area contributed by atoms with Crippen molar-refractivity contribution < 1.29 is 18.4 Å². The molecule has 2 aliphatic rings. The average Bonchev–Trinajstić information content (AvgIpc) is 3.02. The van der Waals surface area contributed by atoms with E-state index in [0.29, 0.717) is 25.3 Å². The van der Waals surface area contributed by atoms with Crippen molar-refractivity contribution in [3.63, 3.8) is 0 Å². The molecule has 1 aromatic carbocycles. The minimum absolute atomic E-state index is 0.0511. The van der Waals surface area contributed by atoms with Gasteiger partial charge in [-0.15, -0.1) is 0 Å². The van der Waals surface area contributed by atoms with Crippen LogP contribution < -0.4 is 5.32 Å². The number of benzene rings is 1. The second-order valence-corrected chi connectivity index (χ2v) is 7.05. The van der Waals surface area contributed by atoms with Gasteiger partial charge in [-0.25, -0.2) is 8.78 Å². The summed E-state index contributed by atoms with van der Waals surface area (Å²) in [6.07, 6.45) is 3.09. The highest BCUT2D eigenvalue weighted by atomic mass is 19.2. The number of nitrogens with one attached hydrogen (secondary N) is 1. The van der Waals surface area contributed by atoms with Gasteiger partial charge in [0, 0.05) is 18.0 Å². The van der Waals surface area contributed by atoms with E-state index in [4.69, 9.17) is 0 Å². The topological polar surface area (TPSA) is 67.2 Å². The summed E-state index contributed by atoms with van der Waals surface area (Å²) in [6.45, 7) is 1.98. The molecular weight excluding hydrogens is 354 g/mol. The molecule has 1 fully saturated rings. The van der Waals surface area contributed by atoms with Crippen molar-refractivity contribution in [2.45, 2.75) is 38.9 Å². The lowest BCUT2D eigenvalue weighted by atomic mass is 9.84. The van der Waals surface area contributed by atoms with E-state index in [9.17, 15) is 18.4 Å². The summed E-state index contributed by atoms with van der Waals surface area (Å²) in [4.78, 5) is 26.4. The van der Waals surface area contributed by atoms with Gasteiger partial charge >= 0.3 is 0 Å². The van der Waals surface area contributed by atoms with Crippen LogP contribution in [0.25, 0.3) is 0 Å². The summed E-state index contributed by atoms with van der Waals surface area (Å²) >= 11 is 0. The standard InChI is InChI=1S/C19H20F2N4O2/c20-16-5-4-13(8-17(16)21)18(26)22-10-14-9-15-11-24(6-7-25(15)23-14)19(27)12-2-1-3-12/h4-5,8-9,12H,1-3,6-7,10-11H2,(H,22,26). The summed E-state index contributed by atoms with van der Waals surface area (Å²) in [5, 5.41) is 7.11. The number of fused-ring (bicyclic) bond motifs is 1. The number of hydrogen-bond donors (Lipinski definition) is 1. The zero-order valence-electron chi connectivity index (χ0n) is 14.8. The quantitative estimate of drug-likeness (QED) is 0.893. The molecule has 1 aliphatic heterocycles. The summed E-state index contributed by atoms with van der Waals surface area (Å²) in [6, 6.07) is 4.89. The number of amides is 2. The van der Waals surface area contributed by atoms with Crippen LogP contribution in [0.3, 0.4) is 0 Å². The molecule has 0 radical (unpaired) electrons. The smallest absolute Gasteiger partial charge is 0.251 e. The molecule has 1 aromatic heterocycles. The third kappa shape index (κ3) is 3.56. The molecule has 1 saturated carbocycles. The lowest BCUT2D eigenvalue weighted by Crippen LogP contribution is -2.43. The predicted octanol–water partition coefficient (Wildman–Crippen LogP) is 2.23. The summed E-state index contributed by atoms with van der Waals surface area (Å²) in [5.41, 5.74) is 1.65. The normalized spacial score (nSPS) is 16.6. The fourth-order valence-electron chi connectivity index (χ4n) is 3.42. The van der Waals surface area contributed by atoms with Crippen LogP contribution in [0.4, 0.5) is 8.78 Å². The van der Waals surface area contributed by atoms with Gasteiger partial charge in [0.15, 0.2) is 11.6 Å². The molecule has 4 rings (SSSR count). The van der Waals surface area contributed by atoms with Crippen molar-refractivity contribution in [3.8, 4) is 0 Å². The van der Waals surface area contributed by atoms with Crippen LogP contribution in [0.15, 0.2) is 24.3 Å². The second-order valence-electron chi connectivity index (χ2n) is 7.05. The molecule has 142 valence electrons. The number of nitrogens with zero attached hydrogens (tertiary/aromatic N) is 3. The van der Waals surface area contributed by atoms with Crippen molar-refractivity contribution >= 4 is 11.8 Å². The van der Waals surface area contributed by atoms with Crippen molar-refractivity contribution in [1.29, 1.82) is 0 Å². The largest absolute Gasteiger partial charge is 0.346 e. The number of aromatic nitrogens is 2. The van der Waals surface area contributed by atoms with E-state index >= 15 is 0 Å². The Morgan fingerprint density at radius 3 is 2.67 bits per heavy atom. The lowest BCUT2D eigenvalue weighted by Gasteiger charge is -2.34. The Morgan fingerprint density at radius 1 is 1.15 bits per heavy atom. The monoisotopic (exact) mass is 374 g/mol. The van der Waals surface area contributed by atoms with Gasteiger partial charge in [-0.2, -0.15) is 5.10 Å². The van der Waals surface area contributed by atoms with Crippen LogP contribution in [0, 0.1) is 17.6 Å². The number of halogens is 2. The SMILES string of the molecule is O=C(NCc1cc2n(n1)CCN(C(=O)C1CCC1)C2)c1ccc(F)c(F)c1. The Labute approximate surface area is 155 Å². The first-order chi connectivity index (χ1) is 13.0. The number of rotatable bonds is 4. The minimum atomic E-state index is -1.06. The van der Waals surface area contributed by atoms with Crippen molar-refractivity contribution in [1.82, 2.24) is 20.0 Å². The van der Waals surface area contributed by atoms with Crippen molar-refractivity contribution in [3.05, 3.63) is 52.9 Å². The van der Waals surface area contributed by atoms with E-state index in [0.717, 1.165) is 37.1 Å². The summed E-state index contributed by atoms with van der Waals surface area (Å²) in [5.74, 6) is -2.15. The van der Waals surface area contributed by atoms with Crippen LogP contribution >= 0.6 is 0 Å². The molecule has 0 saturated heterocycles. The van der Waals surface area contributed by atoms with E-state index < -0.39 is 17.5 Å². The fourth-order valence-corrected chi connectivity index (χ4v) is 3.42. The molecule has 1 N–H and O–H groups in total. The maximum atomic E-state index is 13.2. The van der Waals surface area contributed by atoms with Gasteiger partial charge in [0.05, 0.1) is 31.0 Å². The van der Waals surface area contributed by atoms with E-state index in [1.165, 1.54) is 6.07 Å². The van der Waals surface area contributed by atoms with E-state index in [2.05, 4.69) is 10.4 Å². The molecular formula is C19H20F2N4O2. The van der Waals surface area contributed by atoms with Gasteiger partial charge in [0.25, 0.3) is 5.91 Å². The molecule has 2 heterocycles. The number of hydrogen-bond acceptors (Lipinski definition) is 3. The zero-order valence-corrected chi connectivity index (χ0v) is 14.8. The third-order valence-corrected chi connectivity index (χ3v) is 5.23. The van der Waals surface area contributed by atoms with Crippen molar-refractivity contribution in [2.75, 3.05) is 6.54 Å². The molecule has 27 heavy (non-hydrogen) atoms. The molecule has 2 amide bonds. The van der Waals surface area contributed by atoms with Gasteiger partial charge in [-0.3, -0.25) is 14.3 Å².